The summed E-state index contributed by atoms with van der Waals surface area (Å²) in [6.45, 7) is 2.69. The van der Waals surface area contributed by atoms with Crippen LogP contribution in [0.4, 0.5) is 10.1 Å². The van der Waals surface area contributed by atoms with Crippen molar-refractivity contribution in [3.8, 4) is 0 Å². The van der Waals surface area contributed by atoms with E-state index in [0.717, 1.165) is 16.9 Å². The zero-order valence-electron chi connectivity index (χ0n) is 18.1. The molecule has 2 saturated heterocycles. The van der Waals surface area contributed by atoms with Gasteiger partial charge in [-0.1, -0.05) is 17.7 Å². The molecule has 3 heterocycles. The van der Waals surface area contributed by atoms with Gasteiger partial charge in [-0.3, -0.25) is 10.1 Å². The molecule has 178 valence electrons. The van der Waals surface area contributed by atoms with Crippen molar-refractivity contribution in [2.75, 3.05) is 38.0 Å². The van der Waals surface area contributed by atoms with Gasteiger partial charge in [-0.25, -0.2) is 9.29 Å². The first kappa shape index (κ1) is 22.8. The quantitative estimate of drug-likeness (QED) is 0.310. The molecule has 0 bridgehead atoms. The Morgan fingerprint density at radius 3 is 2.79 bits per heavy atom. The van der Waals surface area contributed by atoms with Crippen LogP contribution in [-0.4, -0.2) is 77.4 Å². The first-order valence-electron chi connectivity index (χ1n) is 11.3. The molecule has 3 aliphatic heterocycles. The fourth-order valence-electron chi connectivity index (χ4n) is 5.03. The first-order valence-corrected chi connectivity index (χ1v) is 11.7. The van der Waals surface area contributed by atoms with Crippen molar-refractivity contribution in [2.45, 2.75) is 43.0 Å². The Bertz CT molecular complexity index is 992. The topological polar surface area (TPSA) is 123 Å². The molecule has 1 aromatic rings. The van der Waals surface area contributed by atoms with Crippen molar-refractivity contribution in [3.05, 3.63) is 45.3 Å². The van der Waals surface area contributed by atoms with Crippen molar-refractivity contribution in [1.29, 1.82) is 0 Å². The molecular formula is C22H29ClFN6O3+. The summed E-state index contributed by atoms with van der Waals surface area (Å²) in [6, 6.07) is 4.43. The molecule has 33 heavy (non-hydrogen) atoms. The molecule has 6 N–H and O–H groups in total. The molecule has 3 fully saturated rings. The number of halogens is 2. The predicted octanol–water partition coefficient (Wildman–Crippen LogP) is 0.637. The summed E-state index contributed by atoms with van der Waals surface area (Å²) < 4.78 is 15.3. The van der Waals surface area contributed by atoms with Gasteiger partial charge in [-0.05, 0) is 36.6 Å². The van der Waals surface area contributed by atoms with E-state index >= 15 is 0 Å². The van der Waals surface area contributed by atoms with Crippen LogP contribution in [0.5, 0.6) is 0 Å². The van der Waals surface area contributed by atoms with Crippen LogP contribution >= 0.6 is 11.6 Å². The molecular weight excluding hydrogens is 451 g/mol. The number of aliphatic hydroxyl groups excluding tert-OH is 1. The molecule has 1 aliphatic carbocycles. The van der Waals surface area contributed by atoms with Crippen LogP contribution in [0.2, 0.25) is 5.02 Å². The van der Waals surface area contributed by atoms with E-state index in [1.54, 1.807) is 12.1 Å². The first-order chi connectivity index (χ1) is 15.8. The Morgan fingerprint density at radius 1 is 1.36 bits per heavy atom. The van der Waals surface area contributed by atoms with E-state index in [2.05, 4.69) is 22.0 Å². The molecule has 5 atom stereocenters. The van der Waals surface area contributed by atoms with Gasteiger partial charge >= 0.3 is 0 Å². The minimum atomic E-state index is -1.85. The summed E-state index contributed by atoms with van der Waals surface area (Å²) in [4.78, 5) is 28.2. The standard InChI is InChI=1S/C22H28ClFN6O3/c23-13-1-2-14(17(7-13)28-21(32)22(24)4-5-22)19-27-9-15(12-3-6-26-8-12)20(30(19)33)29-10-16(25)18(31)11-29/h1-3,7,15-16,18-20,26-27,31H,4-6,8-11,25H2/p+1/t15?,16-,18-,19?,20?/m1/s1. The van der Waals surface area contributed by atoms with E-state index in [9.17, 15) is 19.2 Å². The highest BCUT2D eigenvalue weighted by molar-refractivity contribution is 6.31. The summed E-state index contributed by atoms with van der Waals surface area (Å²) in [6.07, 6.45) is 0.429. The van der Waals surface area contributed by atoms with Gasteiger partial charge in [-0.2, -0.15) is 0 Å². The van der Waals surface area contributed by atoms with E-state index in [4.69, 9.17) is 17.3 Å². The van der Waals surface area contributed by atoms with Crippen molar-refractivity contribution < 1.29 is 19.1 Å². The van der Waals surface area contributed by atoms with E-state index in [1.807, 2.05) is 4.90 Å². The number of nitrogens with one attached hydrogen (secondary N) is 3. The average molecular weight is 480 g/mol. The number of hydrogen-bond acceptors (Lipinski definition) is 7. The molecule has 0 spiro atoms. The maximum Gasteiger partial charge on any atom is 0.284 e. The Balaban J connectivity index is 1.46. The van der Waals surface area contributed by atoms with Crippen LogP contribution in [0.1, 0.15) is 24.6 Å². The number of nitrogens with two attached hydrogens (primary N) is 1. The second kappa shape index (κ2) is 8.68. The lowest BCUT2D eigenvalue weighted by Crippen LogP contribution is -2.58. The number of rotatable bonds is 5. The molecule has 1 aromatic carbocycles. The van der Waals surface area contributed by atoms with Gasteiger partial charge < -0.3 is 21.5 Å². The number of amides is 1. The summed E-state index contributed by atoms with van der Waals surface area (Å²) in [5, 5.41) is 19.9. The molecule has 9 nitrogen and oxygen atoms in total. The van der Waals surface area contributed by atoms with Gasteiger partial charge in [0.05, 0.1) is 23.3 Å². The van der Waals surface area contributed by atoms with Crippen LogP contribution in [-0.2, 0) is 4.79 Å². The minimum absolute atomic E-state index is 0.0998. The summed E-state index contributed by atoms with van der Waals surface area (Å²) in [7, 11) is 0. The van der Waals surface area contributed by atoms with Crippen LogP contribution in [0.3, 0.4) is 0 Å². The van der Waals surface area contributed by atoms with Crippen molar-refractivity contribution in [2.24, 2.45) is 11.7 Å². The van der Waals surface area contributed by atoms with Gasteiger partial charge in [0, 0.05) is 53.5 Å². The highest BCUT2D eigenvalue weighted by Gasteiger charge is 2.54. The minimum Gasteiger partial charge on any atom is -0.390 e. The number of hydrogen-bond donors (Lipinski definition) is 5. The maximum atomic E-state index is 14.3. The van der Waals surface area contributed by atoms with E-state index in [0.29, 0.717) is 42.5 Å². The van der Waals surface area contributed by atoms with Crippen LogP contribution in [0.25, 0.3) is 0 Å². The smallest absolute Gasteiger partial charge is 0.284 e. The third kappa shape index (κ3) is 4.31. The van der Waals surface area contributed by atoms with Gasteiger partial charge in [0.25, 0.3) is 18.2 Å². The van der Waals surface area contributed by atoms with Gasteiger partial charge in [0.1, 0.15) is 0 Å². The monoisotopic (exact) mass is 479 g/mol. The normalized spacial score (nSPS) is 33.8. The fourth-order valence-corrected chi connectivity index (χ4v) is 5.20. The lowest BCUT2D eigenvalue weighted by molar-refractivity contribution is -0.668. The highest BCUT2D eigenvalue weighted by atomic mass is 35.5. The van der Waals surface area contributed by atoms with E-state index < -0.39 is 36.1 Å². The Kier molecular flexibility index (Phi) is 6.00. The number of carbonyl (C=O) groups is 1. The number of carbonyl (C=O) groups excluding carboxylic acids is 1. The number of likely N-dealkylation sites (tertiary alicyclic amines) is 1. The van der Waals surface area contributed by atoms with Crippen LogP contribution in [0.15, 0.2) is 29.8 Å². The molecule has 11 heteroatoms. The maximum absolute atomic E-state index is 14.3. The Morgan fingerprint density at radius 2 is 2.15 bits per heavy atom. The van der Waals surface area contributed by atoms with Gasteiger partial charge in [0.2, 0.25) is 0 Å². The SMILES string of the molecule is N[C@@H]1CN(C2C(C3=CCNC3)CNC(c3ccc(Cl)cc3NC(=O)C3(F)CC3)[N+]2=O)C[C@H]1O. The highest BCUT2D eigenvalue weighted by Crippen LogP contribution is 2.42. The average Bonchev–Trinajstić information content (AvgIpc) is 3.17. The molecule has 0 aromatic heterocycles. The fraction of sp³-hybridized carbons (Fsp3) is 0.591. The summed E-state index contributed by atoms with van der Waals surface area (Å²) >= 11 is 6.16. The molecule has 3 unspecified atom stereocenters. The molecule has 1 amide bonds. The zero-order valence-corrected chi connectivity index (χ0v) is 18.9. The van der Waals surface area contributed by atoms with Crippen molar-refractivity contribution >= 4 is 23.2 Å². The predicted molar refractivity (Wildman–Crippen MR) is 121 cm³/mol. The third-order valence-electron chi connectivity index (χ3n) is 7.11. The van der Waals surface area contributed by atoms with E-state index in [-0.39, 0.29) is 18.8 Å². The third-order valence-corrected chi connectivity index (χ3v) is 7.34. The van der Waals surface area contributed by atoms with E-state index in [1.165, 1.54) is 6.07 Å². The molecule has 0 radical (unpaired) electrons. The second-order valence-corrected chi connectivity index (χ2v) is 9.87. The number of benzene rings is 1. The van der Waals surface area contributed by atoms with Crippen molar-refractivity contribution in [3.63, 3.8) is 0 Å². The Hall–Kier alpha value is -1.95. The van der Waals surface area contributed by atoms with Gasteiger partial charge in [0.15, 0.2) is 5.67 Å². The number of nitroso groups, excluding NO2 is 1. The van der Waals surface area contributed by atoms with Crippen LogP contribution in [0, 0.1) is 10.8 Å². The van der Waals surface area contributed by atoms with Gasteiger partial charge in [-0.15, -0.1) is 0 Å². The lowest BCUT2D eigenvalue weighted by atomic mass is 9.91. The number of nitrogens with zero attached hydrogens (tertiary/aromatic N) is 2. The van der Waals surface area contributed by atoms with Crippen molar-refractivity contribution in [1.82, 2.24) is 15.5 Å². The molecule has 5 rings (SSSR count). The number of alkyl halides is 1. The molecule has 1 saturated carbocycles. The lowest BCUT2D eigenvalue weighted by Gasteiger charge is -2.35. The summed E-state index contributed by atoms with van der Waals surface area (Å²) in [5.41, 5.74) is 6.16. The summed E-state index contributed by atoms with van der Waals surface area (Å²) in [5.74, 6) is -0.818. The number of aliphatic hydroxyl groups is 1. The second-order valence-electron chi connectivity index (χ2n) is 9.44. The molecule has 4 aliphatic rings. The van der Waals surface area contributed by atoms with Crippen LogP contribution < -0.4 is 21.7 Å². The zero-order chi connectivity index (χ0) is 23.3. The number of β-amino-alcohol motifs (C(OH)–C–C–N with tert-alkyl or cyclic N) is 1. The number of anilines is 1. The largest absolute Gasteiger partial charge is 0.390 e. The Labute approximate surface area is 196 Å².